The molecule has 0 spiro atoms. The molecule has 1 heteroatoms. The molecule has 0 amide bonds. The van der Waals surface area contributed by atoms with E-state index >= 15 is 0 Å². The van der Waals surface area contributed by atoms with E-state index in [9.17, 15) is 5.11 Å². The summed E-state index contributed by atoms with van der Waals surface area (Å²) in [6, 6.07) is 0. The molecule has 5 unspecified atom stereocenters. The number of rotatable bonds is 0. The van der Waals surface area contributed by atoms with Crippen LogP contribution in [0.3, 0.4) is 0 Å². The van der Waals surface area contributed by atoms with Gasteiger partial charge in [0.1, 0.15) is 0 Å². The van der Waals surface area contributed by atoms with Crippen LogP contribution in [0.15, 0.2) is 11.6 Å². The predicted molar refractivity (Wildman–Crippen MR) is 90.0 cm³/mol. The highest BCUT2D eigenvalue weighted by Gasteiger charge is 2.56. The van der Waals surface area contributed by atoms with Gasteiger partial charge in [0, 0.05) is 5.92 Å². The van der Waals surface area contributed by atoms with E-state index in [4.69, 9.17) is 6.42 Å². The van der Waals surface area contributed by atoms with Crippen LogP contribution < -0.4 is 0 Å². The Morgan fingerprint density at radius 3 is 2.82 bits per heavy atom. The molecule has 0 heterocycles. The number of hydrogen-bond acceptors (Lipinski definition) is 1. The van der Waals surface area contributed by atoms with Crippen molar-refractivity contribution < 1.29 is 5.11 Å². The Bertz CT molecular complexity index is 527. The fraction of sp³-hybridized carbons (Fsp3) is 0.810. The molecule has 4 aliphatic carbocycles. The van der Waals surface area contributed by atoms with Crippen LogP contribution in [-0.4, -0.2) is 11.2 Å². The summed E-state index contributed by atoms with van der Waals surface area (Å²) in [5.41, 5.74) is 1.93. The summed E-state index contributed by atoms with van der Waals surface area (Å²) in [6.07, 6.45) is 16.5. The Kier molecular flexibility index (Phi) is 3.46. The summed E-state index contributed by atoms with van der Waals surface area (Å²) in [5, 5.41) is 10.0. The topological polar surface area (TPSA) is 20.2 Å². The van der Waals surface area contributed by atoms with E-state index in [1.54, 1.807) is 5.57 Å². The number of hydrogen-bond donors (Lipinski definition) is 1. The second-order valence-corrected chi connectivity index (χ2v) is 8.83. The zero-order chi connectivity index (χ0) is 15.5. The summed E-state index contributed by atoms with van der Waals surface area (Å²) < 4.78 is 0. The van der Waals surface area contributed by atoms with Crippen LogP contribution >= 0.6 is 0 Å². The minimum Gasteiger partial charge on any atom is -0.389 e. The largest absolute Gasteiger partial charge is 0.389 e. The lowest BCUT2D eigenvalue weighted by molar-refractivity contribution is -0.0363. The average Bonchev–Trinajstić information content (AvgIpc) is 2.94. The van der Waals surface area contributed by atoms with E-state index in [0.717, 1.165) is 36.0 Å². The third kappa shape index (κ3) is 1.96. The molecule has 120 valence electrons. The van der Waals surface area contributed by atoms with Gasteiger partial charge in [-0.15, -0.1) is 12.3 Å². The Morgan fingerprint density at radius 2 is 2.05 bits per heavy atom. The Labute approximate surface area is 135 Å². The van der Waals surface area contributed by atoms with E-state index in [-0.39, 0.29) is 6.10 Å². The van der Waals surface area contributed by atoms with Crippen molar-refractivity contribution in [2.24, 2.45) is 40.9 Å². The molecular formula is C21H30O. The maximum atomic E-state index is 10.0. The number of fused-ring (bicyclic) bond motifs is 5. The SMILES string of the molecule is C#C[C@H]1CCC2C3CCC4=CC(O)CC[C@]4(C)C3C[C@@H](C)C21. The second kappa shape index (κ2) is 5.13. The van der Waals surface area contributed by atoms with Crippen molar-refractivity contribution in [3.63, 3.8) is 0 Å². The molecule has 0 aromatic heterocycles. The van der Waals surface area contributed by atoms with Crippen LogP contribution in [0.5, 0.6) is 0 Å². The number of allylic oxidation sites excluding steroid dienone is 1. The molecule has 8 atom stereocenters. The normalized spacial score (nSPS) is 53.7. The quantitative estimate of drug-likeness (QED) is 0.518. The van der Waals surface area contributed by atoms with Crippen molar-refractivity contribution in [2.75, 3.05) is 0 Å². The first-order valence-electron chi connectivity index (χ1n) is 9.40. The van der Waals surface area contributed by atoms with Crippen LogP contribution in [0.2, 0.25) is 0 Å². The van der Waals surface area contributed by atoms with Gasteiger partial charge in [-0.3, -0.25) is 0 Å². The summed E-state index contributed by atoms with van der Waals surface area (Å²) in [4.78, 5) is 0. The van der Waals surface area contributed by atoms with Gasteiger partial charge in [0.05, 0.1) is 6.10 Å². The third-order valence-corrected chi connectivity index (χ3v) is 7.99. The molecule has 0 aromatic carbocycles. The molecule has 4 rings (SSSR count). The maximum Gasteiger partial charge on any atom is 0.0724 e. The van der Waals surface area contributed by atoms with E-state index in [0.29, 0.717) is 11.3 Å². The van der Waals surface area contributed by atoms with Crippen molar-refractivity contribution in [3.8, 4) is 12.3 Å². The molecule has 22 heavy (non-hydrogen) atoms. The molecule has 0 aromatic rings. The van der Waals surface area contributed by atoms with E-state index in [2.05, 4.69) is 25.8 Å². The van der Waals surface area contributed by atoms with Crippen molar-refractivity contribution >= 4 is 0 Å². The minimum absolute atomic E-state index is 0.189. The van der Waals surface area contributed by atoms with Crippen LogP contribution in [0, 0.1) is 53.3 Å². The van der Waals surface area contributed by atoms with Crippen molar-refractivity contribution in [1.29, 1.82) is 0 Å². The number of terminal acetylenes is 1. The van der Waals surface area contributed by atoms with Crippen LogP contribution in [0.1, 0.15) is 58.8 Å². The first-order chi connectivity index (χ1) is 10.5. The van der Waals surface area contributed by atoms with Crippen LogP contribution in [-0.2, 0) is 0 Å². The summed E-state index contributed by atoms with van der Waals surface area (Å²) >= 11 is 0. The van der Waals surface area contributed by atoms with Crippen LogP contribution in [0.25, 0.3) is 0 Å². The van der Waals surface area contributed by atoms with Crippen molar-refractivity contribution in [3.05, 3.63) is 11.6 Å². The van der Waals surface area contributed by atoms with Gasteiger partial charge in [-0.25, -0.2) is 0 Å². The highest BCUT2D eigenvalue weighted by Crippen LogP contribution is 2.63. The molecule has 0 saturated heterocycles. The molecule has 0 bridgehead atoms. The van der Waals surface area contributed by atoms with E-state index < -0.39 is 0 Å². The first-order valence-corrected chi connectivity index (χ1v) is 9.40. The molecule has 4 aliphatic rings. The molecular weight excluding hydrogens is 268 g/mol. The van der Waals surface area contributed by atoms with Gasteiger partial charge in [-0.1, -0.05) is 25.5 Å². The lowest BCUT2D eigenvalue weighted by atomic mass is 9.48. The molecule has 0 radical (unpaired) electrons. The predicted octanol–water partition coefficient (Wildman–Crippen LogP) is 4.42. The summed E-state index contributed by atoms with van der Waals surface area (Å²) in [7, 11) is 0. The lowest BCUT2D eigenvalue weighted by Crippen LogP contribution is -2.49. The fourth-order valence-corrected chi connectivity index (χ4v) is 6.98. The van der Waals surface area contributed by atoms with E-state index in [1.807, 2.05) is 0 Å². The average molecular weight is 298 g/mol. The molecule has 3 saturated carbocycles. The van der Waals surface area contributed by atoms with Gasteiger partial charge < -0.3 is 5.11 Å². The first kappa shape index (κ1) is 14.8. The number of aliphatic hydroxyl groups is 1. The Hall–Kier alpha value is -0.740. The van der Waals surface area contributed by atoms with Gasteiger partial charge in [0.25, 0.3) is 0 Å². The van der Waals surface area contributed by atoms with Crippen molar-refractivity contribution in [2.45, 2.75) is 64.9 Å². The molecule has 0 aliphatic heterocycles. The van der Waals surface area contributed by atoms with Gasteiger partial charge in [-0.2, -0.15) is 0 Å². The standard InChI is InChI=1S/C21H30O/c1-4-14-5-7-18-17-8-6-15-12-16(22)9-10-21(15,3)19(17)11-13(2)20(14)18/h1,12-14,16-20,22H,5-11H2,2-3H3/t13-,14+,16?,17?,18?,19?,20?,21+/m1/s1. The summed E-state index contributed by atoms with van der Waals surface area (Å²) in [6.45, 7) is 4.96. The molecule has 1 N–H and O–H groups in total. The van der Waals surface area contributed by atoms with E-state index in [1.165, 1.54) is 38.5 Å². The smallest absolute Gasteiger partial charge is 0.0724 e. The molecule has 3 fully saturated rings. The second-order valence-electron chi connectivity index (χ2n) is 8.83. The maximum absolute atomic E-state index is 10.0. The number of aliphatic hydroxyl groups excluding tert-OH is 1. The highest BCUT2D eigenvalue weighted by molar-refractivity contribution is 5.25. The molecule has 1 nitrogen and oxygen atoms in total. The van der Waals surface area contributed by atoms with Gasteiger partial charge in [0.2, 0.25) is 0 Å². The zero-order valence-electron chi connectivity index (χ0n) is 14.1. The lowest BCUT2D eigenvalue weighted by Gasteiger charge is -2.57. The monoisotopic (exact) mass is 298 g/mol. The fourth-order valence-electron chi connectivity index (χ4n) is 6.98. The Balaban J connectivity index is 1.67. The van der Waals surface area contributed by atoms with Gasteiger partial charge >= 0.3 is 0 Å². The zero-order valence-corrected chi connectivity index (χ0v) is 14.1. The van der Waals surface area contributed by atoms with Crippen molar-refractivity contribution in [1.82, 2.24) is 0 Å². The Morgan fingerprint density at radius 1 is 1.23 bits per heavy atom. The van der Waals surface area contributed by atoms with Gasteiger partial charge in [0.15, 0.2) is 0 Å². The van der Waals surface area contributed by atoms with Crippen LogP contribution in [0.4, 0.5) is 0 Å². The summed E-state index contributed by atoms with van der Waals surface area (Å²) in [5.74, 6) is 7.81. The third-order valence-electron chi connectivity index (χ3n) is 7.99. The van der Waals surface area contributed by atoms with Gasteiger partial charge in [-0.05, 0) is 80.0 Å². The highest BCUT2D eigenvalue weighted by atomic mass is 16.3. The minimum atomic E-state index is -0.189.